The summed E-state index contributed by atoms with van der Waals surface area (Å²) in [6.45, 7) is 2.70. The lowest BCUT2D eigenvalue weighted by molar-refractivity contribution is -0.124. The predicted molar refractivity (Wildman–Crippen MR) is 111 cm³/mol. The van der Waals surface area contributed by atoms with Gasteiger partial charge in [-0.1, -0.05) is 36.4 Å². The molecular weight excluding hydrogens is 366 g/mol. The SMILES string of the molecule is Cc1cc2ccc([C@@H]3C[C@H]3c3ccccc3)cn2c1C(=O)N[C@@](C)(CO)C(N)=O. The molecule has 6 heteroatoms. The van der Waals surface area contributed by atoms with Gasteiger partial charge >= 0.3 is 0 Å². The number of nitrogens with two attached hydrogens (primary N) is 1. The summed E-state index contributed by atoms with van der Waals surface area (Å²) in [6, 6.07) is 16.5. The van der Waals surface area contributed by atoms with Gasteiger partial charge in [-0.3, -0.25) is 9.59 Å². The molecule has 3 atom stereocenters. The zero-order chi connectivity index (χ0) is 20.8. The summed E-state index contributed by atoms with van der Waals surface area (Å²) >= 11 is 0. The Kier molecular flexibility index (Phi) is 4.67. The van der Waals surface area contributed by atoms with E-state index in [0.29, 0.717) is 17.5 Å². The summed E-state index contributed by atoms with van der Waals surface area (Å²) in [4.78, 5) is 24.6. The molecule has 1 aromatic carbocycles. The minimum Gasteiger partial charge on any atom is -0.393 e. The molecule has 0 spiro atoms. The number of aliphatic hydroxyl groups excluding tert-OH is 1. The fourth-order valence-corrected chi connectivity index (χ4v) is 3.95. The van der Waals surface area contributed by atoms with E-state index < -0.39 is 24.0 Å². The van der Waals surface area contributed by atoms with Crippen LogP contribution in [0, 0.1) is 6.92 Å². The smallest absolute Gasteiger partial charge is 0.269 e. The Morgan fingerprint density at radius 3 is 2.52 bits per heavy atom. The summed E-state index contributed by atoms with van der Waals surface area (Å²) in [6.07, 6.45) is 3.09. The number of rotatable bonds is 6. The first kappa shape index (κ1) is 19.2. The average Bonchev–Trinajstić information content (AvgIpc) is 3.44. The van der Waals surface area contributed by atoms with Gasteiger partial charge in [-0.15, -0.1) is 0 Å². The Morgan fingerprint density at radius 1 is 1.17 bits per heavy atom. The molecule has 1 aliphatic carbocycles. The minimum absolute atomic E-state index is 0.425. The van der Waals surface area contributed by atoms with Crippen molar-refractivity contribution in [1.82, 2.24) is 9.72 Å². The van der Waals surface area contributed by atoms with Crippen LogP contribution in [0.2, 0.25) is 0 Å². The van der Waals surface area contributed by atoms with E-state index in [9.17, 15) is 14.7 Å². The van der Waals surface area contributed by atoms with E-state index in [4.69, 9.17) is 5.73 Å². The van der Waals surface area contributed by atoms with Crippen molar-refractivity contribution in [3.05, 3.63) is 77.1 Å². The first-order valence-electron chi connectivity index (χ1n) is 9.74. The number of aryl methyl sites for hydroxylation is 1. The van der Waals surface area contributed by atoms with Gasteiger partial charge in [-0.2, -0.15) is 0 Å². The lowest BCUT2D eigenvalue weighted by atomic mass is 10.0. The van der Waals surface area contributed by atoms with Crippen LogP contribution in [0.1, 0.15) is 52.4 Å². The number of aromatic nitrogens is 1. The topological polar surface area (TPSA) is 96.8 Å². The zero-order valence-electron chi connectivity index (χ0n) is 16.6. The van der Waals surface area contributed by atoms with E-state index >= 15 is 0 Å². The molecule has 6 nitrogen and oxygen atoms in total. The Morgan fingerprint density at radius 2 is 1.86 bits per heavy atom. The first-order valence-corrected chi connectivity index (χ1v) is 9.74. The number of nitrogens with one attached hydrogen (secondary N) is 1. The molecule has 0 unspecified atom stereocenters. The van der Waals surface area contributed by atoms with Gasteiger partial charge in [0.05, 0.1) is 6.61 Å². The molecule has 3 aromatic rings. The molecular formula is C23H25N3O3. The van der Waals surface area contributed by atoms with Crippen LogP contribution < -0.4 is 11.1 Å². The average molecular weight is 391 g/mol. The van der Waals surface area contributed by atoms with Gasteiger partial charge in [0.25, 0.3) is 5.91 Å². The lowest BCUT2D eigenvalue weighted by Gasteiger charge is -2.25. The third-order valence-corrected chi connectivity index (χ3v) is 5.89. The van der Waals surface area contributed by atoms with Gasteiger partial charge in [0.2, 0.25) is 5.91 Å². The van der Waals surface area contributed by atoms with Crippen LogP contribution in [0.25, 0.3) is 5.52 Å². The molecule has 0 saturated heterocycles. The number of fused-ring (bicyclic) bond motifs is 1. The zero-order valence-corrected chi connectivity index (χ0v) is 16.6. The molecule has 0 bridgehead atoms. The summed E-state index contributed by atoms with van der Waals surface area (Å²) in [5.41, 5.74) is 8.49. The van der Waals surface area contributed by atoms with E-state index in [-0.39, 0.29) is 0 Å². The Hall–Kier alpha value is -3.12. The maximum absolute atomic E-state index is 13.0. The highest BCUT2D eigenvalue weighted by atomic mass is 16.3. The van der Waals surface area contributed by atoms with Gasteiger partial charge in [0.1, 0.15) is 11.2 Å². The number of aliphatic hydroxyl groups is 1. The molecule has 150 valence electrons. The van der Waals surface area contributed by atoms with Crippen LogP contribution in [0.3, 0.4) is 0 Å². The molecule has 0 radical (unpaired) electrons. The third kappa shape index (κ3) is 3.40. The number of hydrogen-bond acceptors (Lipinski definition) is 3. The summed E-state index contributed by atoms with van der Waals surface area (Å²) in [5, 5.41) is 12.1. The van der Waals surface area contributed by atoms with Crippen molar-refractivity contribution in [3.8, 4) is 0 Å². The number of carbonyl (C=O) groups is 2. The van der Waals surface area contributed by atoms with E-state index in [0.717, 1.165) is 17.5 Å². The molecule has 4 N–H and O–H groups in total. The second kappa shape index (κ2) is 7.04. The highest BCUT2D eigenvalue weighted by Gasteiger charge is 2.40. The van der Waals surface area contributed by atoms with Gasteiger partial charge in [-0.05, 0) is 60.9 Å². The fraction of sp³-hybridized carbons (Fsp3) is 0.304. The van der Waals surface area contributed by atoms with Gasteiger partial charge in [-0.25, -0.2) is 0 Å². The molecule has 2 amide bonds. The Labute approximate surface area is 169 Å². The van der Waals surface area contributed by atoms with E-state index in [2.05, 4.69) is 35.6 Å². The van der Waals surface area contributed by atoms with Crippen molar-refractivity contribution >= 4 is 17.3 Å². The van der Waals surface area contributed by atoms with Crippen molar-refractivity contribution in [2.75, 3.05) is 6.61 Å². The van der Waals surface area contributed by atoms with Gasteiger partial charge in [0, 0.05) is 11.7 Å². The summed E-state index contributed by atoms with van der Waals surface area (Å²) < 4.78 is 1.86. The van der Waals surface area contributed by atoms with Crippen LogP contribution in [0.5, 0.6) is 0 Å². The Bertz CT molecular complexity index is 1090. The van der Waals surface area contributed by atoms with Crippen molar-refractivity contribution in [2.45, 2.75) is 37.6 Å². The normalized spacial score (nSPS) is 20.2. The number of carbonyl (C=O) groups excluding carboxylic acids is 2. The molecule has 0 aliphatic heterocycles. The van der Waals surface area contributed by atoms with Crippen LogP contribution in [0.15, 0.2) is 54.7 Å². The van der Waals surface area contributed by atoms with Crippen molar-refractivity contribution in [3.63, 3.8) is 0 Å². The number of pyridine rings is 1. The minimum atomic E-state index is -1.51. The Balaban J connectivity index is 1.66. The predicted octanol–water partition coefficient (Wildman–Crippen LogP) is 2.48. The molecule has 29 heavy (non-hydrogen) atoms. The van der Waals surface area contributed by atoms with Crippen molar-refractivity contribution in [2.24, 2.45) is 5.73 Å². The number of primary amides is 1. The molecule has 1 aliphatic rings. The lowest BCUT2D eigenvalue weighted by Crippen LogP contribution is -2.58. The second-order valence-electron chi connectivity index (χ2n) is 8.10. The molecule has 1 saturated carbocycles. The van der Waals surface area contributed by atoms with Crippen molar-refractivity contribution < 1.29 is 14.7 Å². The summed E-state index contributed by atoms with van der Waals surface area (Å²) in [7, 11) is 0. The summed E-state index contributed by atoms with van der Waals surface area (Å²) in [5.74, 6) is -0.300. The molecule has 2 aromatic heterocycles. The van der Waals surface area contributed by atoms with Crippen molar-refractivity contribution in [1.29, 1.82) is 0 Å². The van der Waals surface area contributed by atoms with E-state index in [1.807, 2.05) is 35.7 Å². The molecule has 1 fully saturated rings. The van der Waals surface area contributed by atoms with Gasteiger partial charge in [0.15, 0.2) is 0 Å². The third-order valence-electron chi connectivity index (χ3n) is 5.89. The van der Waals surface area contributed by atoms with E-state index in [1.54, 1.807) is 0 Å². The second-order valence-corrected chi connectivity index (χ2v) is 8.10. The first-order chi connectivity index (χ1) is 13.8. The number of hydrogen-bond donors (Lipinski definition) is 3. The number of amides is 2. The highest BCUT2D eigenvalue weighted by molar-refractivity contribution is 5.99. The number of benzene rings is 1. The monoisotopic (exact) mass is 391 g/mol. The molecule has 2 heterocycles. The van der Waals surface area contributed by atoms with Crippen LogP contribution in [-0.2, 0) is 4.79 Å². The number of nitrogens with zero attached hydrogens (tertiary/aromatic N) is 1. The van der Waals surface area contributed by atoms with E-state index in [1.165, 1.54) is 18.1 Å². The quantitative estimate of drug-likeness (QED) is 0.602. The highest BCUT2D eigenvalue weighted by Crippen LogP contribution is 2.54. The van der Waals surface area contributed by atoms with Gasteiger partial charge < -0.3 is 20.6 Å². The fourth-order valence-electron chi connectivity index (χ4n) is 3.95. The van der Waals surface area contributed by atoms with Crippen LogP contribution >= 0.6 is 0 Å². The maximum Gasteiger partial charge on any atom is 0.269 e. The van der Waals surface area contributed by atoms with Crippen LogP contribution in [0.4, 0.5) is 0 Å². The molecule has 4 rings (SSSR count). The maximum atomic E-state index is 13.0. The largest absolute Gasteiger partial charge is 0.393 e. The standard InChI is InChI=1S/C23H25N3O3/c1-14-10-17-9-8-16(19-11-18(19)15-6-4-3-5-7-15)12-26(17)20(14)21(28)25-23(2,13-27)22(24)29/h3-10,12,18-19,27H,11,13H2,1-2H3,(H2,24,29)(H,25,28)/t18-,19-,23-/m0/s1. The van der Waals surface area contributed by atoms with Crippen LogP contribution in [-0.4, -0.2) is 33.5 Å².